The standard InChI is InChI=1S/C25H24F3N5O2/c1-31(2)11-4-12-32-22(17-9-7-16(14-29)8-10-17)21-20(15-30-23(21)34)33(24(32)35)19-6-3-5-18(13-19)25(26,27)28/h3,5-10,13,22H,4,11-12,15H2,1-2H3,(H,30,34). The van der Waals surface area contributed by atoms with Crippen LogP contribution in [0.25, 0.3) is 0 Å². The molecule has 2 aromatic rings. The number of hydrogen-bond acceptors (Lipinski definition) is 4. The fourth-order valence-electron chi connectivity index (χ4n) is 4.43. The summed E-state index contributed by atoms with van der Waals surface area (Å²) in [4.78, 5) is 31.5. The van der Waals surface area contributed by atoms with Gasteiger partial charge >= 0.3 is 12.2 Å². The predicted molar refractivity (Wildman–Crippen MR) is 123 cm³/mol. The van der Waals surface area contributed by atoms with E-state index >= 15 is 0 Å². The first kappa shape index (κ1) is 24.3. The molecule has 182 valence electrons. The zero-order valence-corrected chi connectivity index (χ0v) is 19.3. The van der Waals surface area contributed by atoms with Crippen molar-refractivity contribution >= 4 is 17.6 Å². The van der Waals surface area contributed by atoms with Crippen LogP contribution < -0.4 is 10.2 Å². The second kappa shape index (κ2) is 9.43. The lowest BCUT2D eigenvalue weighted by Crippen LogP contribution is -2.51. The average Bonchev–Trinajstić information content (AvgIpc) is 3.19. The Labute approximate surface area is 201 Å². The largest absolute Gasteiger partial charge is 0.416 e. The summed E-state index contributed by atoms with van der Waals surface area (Å²) in [6.45, 7) is 0.973. The second-order valence-corrected chi connectivity index (χ2v) is 8.70. The fourth-order valence-corrected chi connectivity index (χ4v) is 4.43. The van der Waals surface area contributed by atoms with Crippen molar-refractivity contribution in [2.75, 3.05) is 38.6 Å². The third-order valence-electron chi connectivity index (χ3n) is 6.06. The molecule has 0 saturated heterocycles. The number of hydrogen-bond donors (Lipinski definition) is 1. The number of nitriles is 1. The Balaban J connectivity index is 1.85. The van der Waals surface area contributed by atoms with Crippen LogP contribution in [0.5, 0.6) is 0 Å². The van der Waals surface area contributed by atoms with Gasteiger partial charge in [0.2, 0.25) is 0 Å². The molecular formula is C25H24F3N5O2. The van der Waals surface area contributed by atoms with Gasteiger partial charge in [-0.25, -0.2) is 4.79 Å². The number of carbonyl (C=O) groups is 2. The lowest BCUT2D eigenvalue weighted by Gasteiger charge is -2.42. The lowest BCUT2D eigenvalue weighted by molar-refractivity contribution is -0.137. The minimum absolute atomic E-state index is 0.0223. The molecule has 2 heterocycles. The monoisotopic (exact) mass is 483 g/mol. The van der Waals surface area contributed by atoms with Crippen LogP contribution in [-0.2, 0) is 11.0 Å². The fraction of sp³-hybridized carbons (Fsp3) is 0.320. The molecule has 2 aliphatic rings. The SMILES string of the molecule is CN(C)CCCN1C(=O)N(c2cccc(C(F)(F)F)c2)C2=C(C(=O)NC2)C1c1ccc(C#N)cc1. The van der Waals surface area contributed by atoms with E-state index < -0.39 is 23.8 Å². The van der Waals surface area contributed by atoms with Gasteiger partial charge in [-0.3, -0.25) is 9.69 Å². The second-order valence-electron chi connectivity index (χ2n) is 8.70. The highest BCUT2D eigenvalue weighted by Gasteiger charge is 2.46. The van der Waals surface area contributed by atoms with E-state index in [0.29, 0.717) is 35.4 Å². The number of alkyl halides is 3. The number of benzene rings is 2. The first-order chi connectivity index (χ1) is 16.6. The molecule has 2 aliphatic heterocycles. The van der Waals surface area contributed by atoms with Crippen molar-refractivity contribution in [2.45, 2.75) is 18.6 Å². The van der Waals surface area contributed by atoms with Gasteiger partial charge in [-0.15, -0.1) is 0 Å². The number of carbonyl (C=O) groups excluding carboxylic acids is 2. The zero-order valence-electron chi connectivity index (χ0n) is 19.3. The third-order valence-corrected chi connectivity index (χ3v) is 6.06. The van der Waals surface area contributed by atoms with Gasteiger partial charge in [0.15, 0.2) is 0 Å². The zero-order chi connectivity index (χ0) is 25.3. The molecular weight excluding hydrogens is 459 g/mol. The van der Waals surface area contributed by atoms with Gasteiger partial charge in [0, 0.05) is 6.54 Å². The molecule has 1 N–H and O–H groups in total. The van der Waals surface area contributed by atoms with Gasteiger partial charge in [0.05, 0.1) is 46.7 Å². The average molecular weight is 483 g/mol. The summed E-state index contributed by atoms with van der Waals surface area (Å²) in [5.41, 5.74) is 0.899. The highest BCUT2D eigenvalue weighted by Crippen LogP contribution is 2.42. The molecule has 0 radical (unpaired) electrons. The van der Waals surface area contributed by atoms with Gasteiger partial charge in [-0.1, -0.05) is 18.2 Å². The van der Waals surface area contributed by atoms with E-state index in [1.807, 2.05) is 25.1 Å². The van der Waals surface area contributed by atoms with Crippen molar-refractivity contribution < 1.29 is 22.8 Å². The van der Waals surface area contributed by atoms with E-state index in [2.05, 4.69) is 5.32 Å². The Hall–Kier alpha value is -3.84. The molecule has 0 fully saturated rings. The Morgan fingerprint density at radius 2 is 1.86 bits per heavy atom. The highest BCUT2D eigenvalue weighted by atomic mass is 19.4. The number of rotatable bonds is 6. The normalized spacial score (nSPS) is 18.1. The Bertz CT molecular complexity index is 1210. The van der Waals surface area contributed by atoms with Gasteiger partial charge in [-0.2, -0.15) is 18.4 Å². The Morgan fingerprint density at radius 3 is 2.49 bits per heavy atom. The summed E-state index contributed by atoms with van der Waals surface area (Å²) in [6, 6.07) is 12.0. The smallest absolute Gasteiger partial charge is 0.347 e. The van der Waals surface area contributed by atoms with Crippen LogP contribution in [0.15, 0.2) is 59.8 Å². The van der Waals surface area contributed by atoms with Crippen molar-refractivity contribution in [3.05, 3.63) is 76.5 Å². The molecule has 0 aliphatic carbocycles. The topological polar surface area (TPSA) is 79.7 Å². The molecule has 0 bridgehead atoms. The van der Waals surface area contributed by atoms with Crippen LogP contribution in [0.4, 0.5) is 23.7 Å². The van der Waals surface area contributed by atoms with Crippen molar-refractivity contribution in [2.24, 2.45) is 0 Å². The number of amides is 3. The molecule has 0 aromatic heterocycles. The first-order valence-corrected chi connectivity index (χ1v) is 11.1. The molecule has 4 rings (SSSR count). The molecule has 3 amide bonds. The number of urea groups is 1. The van der Waals surface area contributed by atoms with Crippen LogP contribution in [0.2, 0.25) is 0 Å². The summed E-state index contributed by atoms with van der Waals surface area (Å²) in [5, 5.41) is 11.9. The summed E-state index contributed by atoms with van der Waals surface area (Å²) < 4.78 is 40.2. The van der Waals surface area contributed by atoms with Crippen LogP contribution >= 0.6 is 0 Å². The molecule has 1 atom stereocenters. The lowest BCUT2D eigenvalue weighted by atomic mass is 9.92. The van der Waals surface area contributed by atoms with Crippen LogP contribution in [0.1, 0.15) is 29.2 Å². The molecule has 2 aromatic carbocycles. The van der Waals surface area contributed by atoms with Crippen LogP contribution in [0, 0.1) is 11.3 Å². The molecule has 0 spiro atoms. The van der Waals surface area contributed by atoms with Gasteiger partial charge < -0.3 is 15.1 Å². The van der Waals surface area contributed by atoms with Gasteiger partial charge in [0.1, 0.15) is 0 Å². The minimum Gasteiger partial charge on any atom is -0.347 e. The molecule has 10 heteroatoms. The summed E-state index contributed by atoms with van der Waals surface area (Å²) in [5.74, 6) is -0.378. The van der Waals surface area contributed by atoms with E-state index in [0.717, 1.165) is 12.1 Å². The Kier molecular flexibility index (Phi) is 6.54. The third kappa shape index (κ3) is 4.72. The van der Waals surface area contributed by atoms with Crippen molar-refractivity contribution in [3.63, 3.8) is 0 Å². The summed E-state index contributed by atoms with van der Waals surface area (Å²) >= 11 is 0. The minimum atomic E-state index is -4.58. The first-order valence-electron chi connectivity index (χ1n) is 11.1. The van der Waals surface area contributed by atoms with E-state index in [-0.39, 0.29) is 24.7 Å². The quantitative estimate of drug-likeness (QED) is 0.676. The van der Waals surface area contributed by atoms with Crippen molar-refractivity contribution in [1.29, 1.82) is 5.26 Å². The van der Waals surface area contributed by atoms with E-state index in [9.17, 15) is 22.8 Å². The highest BCUT2D eigenvalue weighted by molar-refractivity contribution is 6.07. The van der Waals surface area contributed by atoms with Crippen molar-refractivity contribution in [3.8, 4) is 6.07 Å². The summed E-state index contributed by atoms with van der Waals surface area (Å²) in [6.07, 6.45) is -3.99. The van der Waals surface area contributed by atoms with Gasteiger partial charge in [0.25, 0.3) is 5.91 Å². The Morgan fingerprint density at radius 1 is 1.14 bits per heavy atom. The predicted octanol–water partition coefficient (Wildman–Crippen LogP) is 3.90. The molecule has 0 saturated carbocycles. The number of nitrogens with zero attached hydrogens (tertiary/aromatic N) is 4. The van der Waals surface area contributed by atoms with Gasteiger partial charge in [-0.05, 0) is 63.0 Å². The summed E-state index contributed by atoms with van der Waals surface area (Å²) in [7, 11) is 3.80. The number of nitrogens with one attached hydrogen (secondary N) is 1. The van der Waals surface area contributed by atoms with E-state index in [4.69, 9.17) is 5.26 Å². The number of anilines is 1. The van der Waals surface area contributed by atoms with E-state index in [1.54, 1.807) is 24.3 Å². The maximum atomic E-state index is 13.9. The molecule has 7 nitrogen and oxygen atoms in total. The van der Waals surface area contributed by atoms with Crippen molar-refractivity contribution in [1.82, 2.24) is 15.1 Å². The van der Waals surface area contributed by atoms with E-state index in [1.165, 1.54) is 21.9 Å². The number of halogens is 3. The maximum absolute atomic E-state index is 13.9. The maximum Gasteiger partial charge on any atom is 0.416 e. The van der Waals surface area contributed by atoms with Crippen LogP contribution in [-0.4, -0.2) is 55.5 Å². The molecule has 1 unspecified atom stereocenters. The van der Waals surface area contributed by atoms with Crippen LogP contribution in [0.3, 0.4) is 0 Å². The molecule has 35 heavy (non-hydrogen) atoms.